The molecular formula is C15H19FN6O. The maximum Gasteiger partial charge on any atom is 0.322 e. The summed E-state index contributed by atoms with van der Waals surface area (Å²) >= 11 is 0. The average molecular weight is 318 g/mol. The highest BCUT2D eigenvalue weighted by molar-refractivity contribution is 5.89. The molecule has 0 bridgehead atoms. The van der Waals surface area contributed by atoms with Crippen molar-refractivity contribution < 1.29 is 9.18 Å². The van der Waals surface area contributed by atoms with Crippen molar-refractivity contribution in [3.8, 4) is 0 Å². The van der Waals surface area contributed by atoms with Gasteiger partial charge in [-0.25, -0.2) is 14.2 Å². The number of carbonyl (C=O) groups is 1. The van der Waals surface area contributed by atoms with Crippen LogP contribution < -0.4 is 5.32 Å². The fourth-order valence-corrected chi connectivity index (χ4v) is 2.71. The van der Waals surface area contributed by atoms with E-state index in [9.17, 15) is 9.18 Å². The summed E-state index contributed by atoms with van der Waals surface area (Å²) in [6.45, 7) is 1.81. The molecule has 1 N–H and O–H groups in total. The third kappa shape index (κ3) is 3.16. The number of hydrogen-bond acceptors (Lipinski definition) is 4. The van der Waals surface area contributed by atoms with Crippen LogP contribution in [0.3, 0.4) is 0 Å². The summed E-state index contributed by atoms with van der Waals surface area (Å²) in [6, 6.07) is 1.14. The number of amides is 2. The van der Waals surface area contributed by atoms with Crippen molar-refractivity contribution in [2.75, 3.05) is 32.0 Å². The molecule has 2 amide bonds. The lowest BCUT2D eigenvalue weighted by atomic mass is 10.1. The fourth-order valence-electron chi connectivity index (χ4n) is 2.71. The number of rotatable bonds is 2. The van der Waals surface area contributed by atoms with Crippen molar-refractivity contribution in [1.29, 1.82) is 0 Å². The summed E-state index contributed by atoms with van der Waals surface area (Å²) in [4.78, 5) is 24.3. The number of imidazole rings is 1. The number of pyridine rings is 1. The van der Waals surface area contributed by atoms with Crippen molar-refractivity contribution in [2.45, 2.75) is 6.04 Å². The summed E-state index contributed by atoms with van der Waals surface area (Å²) in [5.74, 6) is 0.357. The van der Waals surface area contributed by atoms with E-state index < -0.39 is 5.82 Å². The molecule has 7 nitrogen and oxygen atoms in total. The number of piperazine rings is 1. The number of aryl methyl sites for hydroxylation is 1. The number of nitrogens with one attached hydrogen (secondary N) is 1. The van der Waals surface area contributed by atoms with E-state index in [4.69, 9.17) is 0 Å². The van der Waals surface area contributed by atoms with Crippen molar-refractivity contribution in [1.82, 2.24) is 24.3 Å². The van der Waals surface area contributed by atoms with Crippen LogP contribution in [0.2, 0.25) is 0 Å². The first-order valence-corrected chi connectivity index (χ1v) is 7.39. The number of nitrogens with zero attached hydrogens (tertiary/aromatic N) is 5. The smallest absolute Gasteiger partial charge is 0.322 e. The van der Waals surface area contributed by atoms with Gasteiger partial charge in [-0.1, -0.05) is 0 Å². The van der Waals surface area contributed by atoms with Gasteiger partial charge < -0.3 is 14.8 Å². The number of carbonyl (C=O) groups excluding carboxylic acids is 1. The highest BCUT2D eigenvalue weighted by atomic mass is 19.1. The molecule has 2 aromatic heterocycles. The van der Waals surface area contributed by atoms with E-state index in [1.165, 1.54) is 12.3 Å². The van der Waals surface area contributed by atoms with Gasteiger partial charge in [0.2, 0.25) is 0 Å². The van der Waals surface area contributed by atoms with E-state index in [-0.39, 0.29) is 17.8 Å². The molecule has 0 aromatic carbocycles. The number of anilines is 1. The lowest BCUT2D eigenvalue weighted by Crippen LogP contribution is -2.50. The lowest BCUT2D eigenvalue weighted by Gasteiger charge is -2.38. The Bertz CT molecular complexity index is 703. The van der Waals surface area contributed by atoms with Crippen molar-refractivity contribution in [2.24, 2.45) is 7.05 Å². The van der Waals surface area contributed by atoms with Gasteiger partial charge in [0.1, 0.15) is 5.82 Å². The molecule has 2 aromatic rings. The van der Waals surface area contributed by atoms with Crippen LogP contribution in [0.5, 0.6) is 0 Å². The number of halogens is 1. The van der Waals surface area contributed by atoms with Gasteiger partial charge in [-0.2, -0.15) is 0 Å². The van der Waals surface area contributed by atoms with E-state index in [0.717, 1.165) is 18.6 Å². The molecular weight excluding hydrogens is 299 g/mol. The molecule has 1 fully saturated rings. The molecule has 1 unspecified atom stereocenters. The Kier molecular flexibility index (Phi) is 4.24. The second-order valence-electron chi connectivity index (χ2n) is 5.62. The van der Waals surface area contributed by atoms with E-state index in [1.54, 1.807) is 11.1 Å². The molecule has 0 radical (unpaired) electrons. The molecule has 3 heterocycles. The number of hydrogen-bond donors (Lipinski definition) is 1. The molecule has 0 spiro atoms. The van der Waals surface area contributed by atoms with Crippen molar-refractivity contribution in [3.05, 3.63) is 42.5 Å². The monoisotopic (exact) mass is 318 g/mol. The third-order valence-electron chi connectivity index (χ3n) is 4.11. The predicted octanol–water partition coefficient (Wildman–Crippen LogP) is 1.47. The largest absolute Gasteiger partial charge is 0.337 e. The number of aromatic nitrogens is 3. The Morgan fingerprint density at radius 1 is 1.35 bits per heavy atom. The van der Waals surface area contributed by atoms with Crippen LogP contribution in [0, 0.1) is 5.82 Å². The second-order valence-corrected chi connectivity index (χ2v) is 5.62. The molecule has 122 valence electrons. The summed E-state index contributed by atoms with van der Waals surface area (Å²) in [7, 11) is 3.94. The van der Waals surface area contributed by atoms with Gasteiger partial charge in [0.25, 0.3) is 0 Å². The highest BCUT2D eigenvalue weighted by Crippen LogP contribution is 2.23. The van der Waals surface area contributed by atoms with Crippen molar-refractivity contribution in [3.63, 3.8) is 0 Å². The third-order valence-corrected chi connectivity index (χ3v) is 4.11. The first kappa shape index (κ1) is 15.4. The minimum absolute atomic E-state index is 0.0109. The zero-order chi connectivity index (χ0) is 16.4. The summed E-state index contributed by atoms with van der Waals surface area (Å²) in [6.07, 6.45) is 6.15. The normalized spacial score (nSPS) is 18.9. The fraction of sp³-hybridized carbons (Fsp3) is 0.400. The SMILES string of the molecule is CN1CCN(C(=O)Nc2ccncc2F)CC1c1nccn1C. The molecule has 0 aliphatic carbocycles. The van der Waals surface area contributed by atoms with Gasteiger partial charge in [0, 0.05) is 45.3 Å². The minimum Gasteiger partial charge on any atom is -0.337 e. The Labute approximate surface area is 133 Å². The minimum atomic E-state index is -0.546. The van der Waals surface area contributed by atoms with Crippen LogP contribution in [0.15, 0.2) is 30.9 Å². The van der Waals surface area contributed by atoms with E-state index in [1.807, 2.05) is 24.9 Å². The number of likely N-dealkylation sites (N-methyl/N-ethyl adjacent to an activating group) is 1. The Hall–Kier alpha value is -2.48. The average Bonchev–Trinajstić information content (AvgIpc) is 2.96. The molecule has 3 rings (SSSR count). The summed E-state index contributed by atoms with van der Waals surface area (Å²) in [5, 5.41) is 2.60. The van der Waals surface area contributed by atoms with Gasteiger partial charge in [0.15, 0.2) is 5.82 Å². The molecule has 1 atom stereocenters. The van der Waals surface area contributed by atoms with Crippen LogP contribution in [0.4, 0.5) is 14.9 Å². The molecule has 0 saturated carbocycles. The van der Waals surface area contributed by atoms with Gasteiger partial charge in [-0.15, -0.1) is 0 Å². The second kappa shape index (κ2) is 6.33. The maximum absolute atomic E-state index is 13.6. The highest BCUT2D eigenvalue weighted by Gasteiger charge is 2.30. The molecule has 8 heteroatoms. The van der Waals surface area contributed by atoms with Crippen LogP contribution in [0.1, 0.15) is 11.9 Å². The zero-order valence-corrected chi connectivity index (χ0v) is 13.1. The van der Waals surface area contributed by atoms with Gasteiger partial charge in [-0.05, 0) is 13.1 Å². The quantitative estimate of drug-likeness (QED) is 0.911. The predicted molar refractivity (Wildman–Crippen MR) is 83.4 cm³/mol. The maximum atomic E-state index is 13.6. The van der Waals surface area contributed by atoms with Crippen LogP contribution >= 0.6 is 0 Å². The zero-order valence-electron chi connectivity index (χ0n) is 13.1. The van der Waals surface area contributed by atoms with E-state index in [0.29, 0.717) is 13.1 Å². The van der Waals surface area contributed by atoms with Crippen LogP contribution in [-0.4, -0.2) is 57.0 Å². The summed E-state index contributed by atoms with van der Waals surface area (Å²) in [5.41, 5.74) is 0.137. The van der Waals surface area contributed by atoms with E-state index >= 15 is 0 Å². The van der Waals surface area contributed by atoms with E-state index in [2.05, 4.69) is 20.2 Å². The number of urea groups is 1. The van der Waals surface area contributed by atoms with Gasteiger partial charge in [-0.3, -0.25) is 9.88 Å². The molecule has 1 saturated heterocycles. The molecule has 23 heavy (non-hydrogen) atoms. The Balaban J connectivity index is 1.72. The van der Waals surface area contributed by atoms with Gasteiger partial charge >= 0.3 is 6.03 Å². The van der Waals surface area contributed by atoms with Crippen LogP contribution in [-0.2, 0) is 7.05 Å². The van der Waals surface area contributed by atoms with Crippen LogP contribution in [0.25, 0.3) is 0 Å². The first-order chi connectivity index (χ1) is 11.1. The molecule has 1 aliphatic rings. The standard InChI is InChI=1S/C15H19FN6O/c1-20-7-8-22(10-13(20)14-18-5-6-21(14)2)15(23)19-12-3-4-17-9-11(12)16/h3-6,9,13H,7-8,10H2,1-2H3,(H,17,19,23). The van der Waals surface area contributed by atoms with Crippen molar-refractivity contribution >= 4 is 11.7 Å². The Morgan fingerprint density at radius 2 is 2.17 bits per heavy atom. The first-order valence-electron chi connectivity index (χ1n) is 7.39. The molecule has 1 aliphatic heterocycles. The van der Waals surface area contributed by atoms with Gasteiger partial charge in [0.05, 0.1) is 17.9 Å². The topological polar surface area (TPSA) is 66.3 Å². The Morgan fingerprint density at radius 3 is 2.87 bits per heavy atom. The summed E-state index contributed by atoms with van der Waals surface area (Å²) < 4.78 is 15.6. The lowest BCUT2D eigenvalue weighted by molar-refractivity contribution is 0.110.